The average Bonchev–Trinajstić information content (AvgIpc) is 3.33. The van der Waals surface area contributed by atoms with E-state index in [-0.39, 0.29) is 11.9 Å². The highest BCUT2D eigenvalue weighted by Gasteiger charge is 2.33. The molecule has 5 rings (SSSR count). The summed E-state index contributed by atoms with van der Waals surface area (Å²) in [4.78, 5) is 29.4. The summed E-state index contributed by atoms with van der Waals surface area (Å²) in [5.74, 6) is 1.54. The number of anilines is 1. The van der Waals surface area contributed by atoms with E-state index in [1.807, 2.05) is 30.3 Å². The Balaban J connectivity index is 1.37. The van der Waals surface area contributed by atoms with Gasteiger partial charge in [0.1, 0.15) is 11.9 Å². The minimum atomic E-state index is -0.166. The zero-order chi connectivity index (χ0) is 19.8. The van der Waals surface area contributed by atoms with E-state index in [9.17, 15) is 4.79 Å². The van der Waals surface area contributed by atoms with Gasteiger partial charge in [-0.2, -0.15) is 4.98 Å². The lowest BCUT2D eigenvalue weighted by atomic mass is 10.2. The maximum Gasteiger partial charge on any atom is 0.243 e. The van der Waals surface area contributed by atoms with Crippen LogP contribution >= 0.6 is 11.3 Å². The van der Waals surface area contributed by atoms with Crippen molar-refractivity contribution in [3.05, 3.63) is 47.4 Å². The van der Waals surface area contributed by atoms with Crippen LogP contribution in [-0.4, -0.2) is 33.4 Å². The second kappa shape index (κ2) is 7.71. The molecule has 3 heterocycles. The number of amides is 1. The first-order chi connectivity index (χ1) is 14.2. The van der Waals surface area contributed by atoms with Crippen LogP contribution in [0.4, 0.5) is 5.13 Å². The molecule has 2 aromatic heterocycles. The third-order valence-electron chi connectivity index (χ3n) is 5.72. The number of carbonyl (C=O) groups excluding carboxylic acids is 1. The second-order valence-electron chi connectivity index (χ2n) is 7.86. The summed E-state index contributed by atoms with van der Waals surface area (Å²) in [6, 6.07) is 9.87. The van der Waals surface area contributed by atoms with Crippen LogP contribution in [0.3, 0.4) is 0 Å². The number of nitrogens with one attached hydrogen (secondary N) is 1. The van der Waals surface area contributed by atoms with Gasteiger partial charge in [0, 0.05) is 19.0 Å². The topological polar surface area (TPSA) is 71.0 Å². The van der Waals surface area contributed by atoms with Crippen molar-refractivity contribution in [1.29, 1.82) is 0 Å². The fourth-order valence-electron chi connectivity index (χ4n) is 3.95. The molecule has 1 aromatic carbocycles. The summed E-state index contributed by atoms with van der Waals surface area (Å²) in [6.07, 6.45) is 5.10. The molecule has 1 aliphatic carbocycles. The summed E-state index contributed by atoms with van der Waals surface area (Å²) in [7, 11) is 0. The Hall–Kier alpha value is -2.54. The van der Waals surface area contributed by atoms with Gasteiger partial charge in [0.05, 0.1) is 10.4 Å². The quantitative estimate of drug-likeness (QED) is 0.673. The van der Waals surface area contributed by atoms with E-state index in [2.05, 4.69) is 17.1 Å². The van der Waals surface area contributed by atoms with Crippen molar-refractivity contribution < 1.29 is 4.79 Å². The van der Waals surface area contributed by atoms with Crippen molar-refractivity contribution in [3.63, 3.8) is 0 Å². The Kier molecular flexibility index (Phi) is 4.91. The predicted molar refractivity (Wildman–Crippen MR) is 115 cm³/mol. The van der Waals surface area contributed by atoms with E-state index in [1.165, 1.54) is 12.8 Å². The Labute approximate surface area is 174 Å². The average molecular weight is 408 g/mol. The van der Waals surface area contributed by atoms with Gasteiger partial charge in [0.25, 0.3) is 0 Å². The molecule has 29 heavy (non-hydrogen) atoms. The van der Waals surface area contributed by atoms with Crippen molar-refractivity contribution in [3.8, 4) is 0 Å². The second-order valence-corrected chi connectivity index (χ2v) is 8.84. The van der Waals surface area contributed by atoms with E-state index in [4.69, 9.17) is 15.0 Å². The zero-order valence-corrected chi connectivity index (χ0v) is 17.4. The molecule has 1 saturated carbocycles. The molecule has 1 unspecified atom stereocenters. The number of carbonyl (C=O) groups is 1. The number of benzene rings is 1. The Bertz CT molecular complexity index is 1030. The van der Waals surface area contributed by atoms with Gasteiger partial charge in [0.2, 0.25) is 5.91 Å². The van der Waals surface area contributed by atoms with Crippen molar-refractivity contribution in [2.24, 2.45) is 0 Å². The highest BCUT2D eigenvalue weighted by Crippen LogP contribution is 2.40. The molecule has 1 amide bonds. The number of hydrogen-bond acceptors (Lipinski definition) is 6. The normalized spacial score (nSPS) is 19.1. The zero-order valence-electron chi connectivity index (χ0n) is 16.6. The highest BCUT2D eigenvalue weighted by molar-refractivity contribution is 7.22. The Morgan fingerprint density at radius 2 is 2.00 bits per heavy atom. The number of aromatic nitrogens is 3. The first kappa shape index (κ1) is 18.5. The summed E-state index contributed by atoms with van der Waals surface area (Å²) < 4.78 is 1.07. The van der Waals surface area contributed by atoms with E-state index in [0.717, 1.165) is 58.4 Å². The monoisotopic (exact) mass is 407 g/mol. The third-order valence-corrected chi connectivity index (χ3v) is 6.85. The number of fused-ring (bicyclic) bond motifs is 1. The third kappa shape index (κ3) is 3.71. The highest BCUT2D eigenvalue weighted by atomic mass is 32.1. The van der Waals surface area contributed by atoms with Crippen LogP contribution in [0.15, 0.2) is 30.3 Å². The molecule has 1 atom stereocenters. The summed E-state index contributed by atoms with van der Waals surface area (Å²) in [6.45, 7) is 3.54. The molecule has 0 bridgehead atoms. The van der Waals surface area contributed by atoms with Crippen LogP contribution in [0.25, 0.3) is 10.3 Å². The van der Waals surface area contributed by atoms with Crippen LogP contribution in [-0.2, 0) is 17.8 Å². The van der Waals surface area contributed by atoms with Gasteiger partial charge < -0.3 is 10.2 Å². The summed E-state index contributed by atoms with van der Waals surface area (Å²) in [5.41, 5.74) is 3.00. The van der Waals surface area contributed by atoms with Crippen LogP contribution in [0.5, 0.6) is 0 Å². The van der Waals surface area contributed by atoms with Crippen LogP contribution < -0.4 is 10.2 Å². The molecular formula is C22H25N5OS. The van der Waals surface area contributed by atoms with Gasteiger partial charge in [-0.25, -0.2) is 9.97 Å². The minimum absolute atomic E-state index is 0.0751. The lowest BCUT2D eigenvalue weighted by Crippen LogP contribution is -2.43. The maximum absolute atomic E-state index is 12.9. The lowest BCUT2D eigenvalue weighted by Gasteiger charge is -2.23. The SMILES string of the molecule is CCc1nc(C2CC2)nc2nc(N3CCCC3C(=O)NCc3ccccc3)sc12. The molecule has 3 aromatic rings. The first-order valence-electron chi connectivity index (χ1n) is 10.5. The number of thiazole rings is 1. The molecule has 1 N–H and O–H groups in total. The molecule has 0 spiro atoms. The number of rotatable bonds is 6. The fourth-order valence-corrected chi connectivity index (χ4v) is 5.09. The molecular weight excluding hydrogens is 382 g/mol. The first-order valence-corrected chi connectivity index (χ1v) is 11.3. The van der Waals surface area contributed by atoms with Crippen LogP contribution in [0, 0.1) is 0 Å². The Morgan fingerprint density at radius 3 is 2.76 bits per heavy atom. The maximum atomic E-state index is 12.9. The molecule has 1 aliphatic heterocycles. The van der Waals surface area contributed by atoms with Crippen molar-refractivity contribution >= 4 is 32.7 Å². The van der Waals surface area contributed by atoms with Crippen molar-refractivity contribution in [2.75, 3.05) is 11.4 Å². The van der Waals surface area contributed by atoms with E-state index < -0.39 is 0 Å². The van der Waals surface area contributed by atoms with Crippen LogP contribution in [0.1, 0.15) is 55.6 Å². The number of nitrogens with zero attached hydrogens (tertiary/aromatic N) is 4. The fraction of sp³-hybridized carbons (Fsp3) is 0.455. The van der Waals surface area contributed by atoms with Gasteiger partial charge in [-0.3, -0.25) is 4.79 Å². The van der Waals surface area contributed by atoms with Gasteiger partial charge in [0.15, 0.2) is 10.8 Å². The molecule has 1 saturated heterocycles. The van der Waals surface area contributed by atoms with Crippen molar-refractivity contribution in [1.82, 2.24) is 20.3 Å². The van der Waals surface area contributed by atoms with Crippen molar-refractivity contribution in [2.45, 2.75) is 57.5 Å². The molecule has 7 heteroatoms. The number of hydrogen-bond donors (Lipinski definition) is 1. The minimum Gasteiger partial charge on any atom is -0.350 e. The summed E-state index contributed by atoms with van der Waals surface area (Å²) in [5, 5.41) is 4.00. The van der Waals surface area contributed by atoms with E-state index in [1.54, 1.807) is 11.3 Å². The largest absolute Gasteiger partial charge is 0.350 e. The van der Waals surface area contributed by atoms with Gasteiger partial charge in [-0.15, -0.1) is 0 Å². The van der Waals surface area contributed by atoms with Gasteiger partial charge >= 0.3 is 0 Å². The predicted octanol–water partition coefficient (Wildman–Crippen LogP) is 3.81. The smallest absolute Gasteiger partial charge is 0.243 e. The molecule has 6 nitrogen and oxygen atoms in total. The Morgan fingerprint density at radius 1 is 1.17 bits per heavy atom. The van der Waals surface area contributed by atoms with E-state index >= 15 is 0 Å². The van der Waals surface area contributed by atoms with E-state index in [0.29, 0.717) is 12.5 Å². The molecule has 2 fully saturated rings. The summed E-state index contributed by atoms with van der Waals surface area (Å²) >= 11 is 1.63. The van der Waals surface area contributed by atoms with Gasteiger partial charge in [-0.05, 0) is 37.7 Å². The van der Waals surface area contributed by atoms with Gasteiger partial charge in [-0.1, -0.05) is 48.6 Å². The lowest BCUT2D eigenvalue weighted by molar-refractivity contribution is -0.122. The molecule has 0 radical (unpaired) electrons. The van der Waals surface area contributed by atoms with Crippen LogP contribution in [0.2, 0.25) is 0 Å². The molecule has 150 valence electrons. The molecule has 2 aliphatic rings. The standard InChI is InChI=1S/C22H25N5OS/c1-2-16-18-20(25-19(24-16)15-10-11-15)26-22(29-18)27-12-6-9-17(27)21(28)23-13-14-7-4-3-5-8-14/h3-5,7-8,15,17H,2,6,9-13H2,1H3,(H,23,28). The number of aryl methyl sites for hydroxylation is 1.